The maximum absolute atomic E-state index is 11.9. The fourth-order valence-corrected chi connectivity index (χ4v) is 6.13. The average Bonchev–Trinajstić information content (AvgIpc) is 2.58. The van der Waals surface area contributed by atoms with Gasteiger partial charge in [-0.25, -0.2) is 0 Å². The van der Waals surface area contributed by atoms with Crippen LogP contribution in [-0.4, -0.2) is 64.9 Å². The summed E-state index contributed by atoms with van der Waals surface area (Å²) < 4.78 is 18.0. The molecule has 3 aliphatic rings. The highest BCUT2D eigenvalue weighted by Crippen LogP contribution is 2.21. The Morgan fingerprint density at radius 3 is 2.36 bits per heavy atom. The zero-order valence-corrected chi connectivity index (χ0v) is 16.3. The van der Waals surface area contributed by atoms with Crippen LogP contribution in [0.2, 0.25) is 6.04 Å². The first-order valence-corrected chi connectivity index (χ1v) is 11.8. The van der Waals surface area contributed by atoms with Crippen molar-refractivity contribution in [2.24, 2.45) is 0 Å². The van der Waals surface area contributed by atoms with Crippen molar-refractivity contribution in [3.8, 4) is 0 Å². The summed E-state index contributed by atoms with van der Waals surface area (Å²) in [5, 5.41) is 2.97. The standard InChI is InChI=1S/C17H26N2O4SSi/c20-17(24-15-16-5-2-1-3-6-16)18-7-4-14-25-21-11-8-19(9-12-22-25)10-13-23-25/h1-3,5-6H,4,7-15H2,(H,18,20). The lowest BCUT2D eigenvalue weighted by Gasteiger charge is -2.38. The van der Waals surface area contributed by atoms with E-state index in [1.807, 2.05) is 30.3 Å². The first kappa shape index (κ1) is 18.9. The van der Waals surface area contributed by atoms with E-state index in [0.29, 0.717) is 32.1 Å². The van der Waals surface area contributed by atoms with Crippen LogP contribution in [0.25, 0.3) is 0 Å². The molecular weight excluding hydrogens is 356 g/mol. The molecule has 3 heterocycles. The molecular formula is C17H26N2O4SSi. The highest BCUT2D eigenvalue weighted by Gasteiger charge is 2.43. The summed E-state index contributed by atoms with van der Waals surface area (Å²) in [6.45, 7) is 5.50. The molecule has 3 saturated heterocycles. The first-order chi connectivity index (χ1) is 12.3. The van der Waals surface area contributed by atoms with E-state index < -0.39 is 8.80 Å². The fraction of sp³-hybridized carbons (Fsp3) is 0.588. The van der Waals surface area contributed by atoms with Gasteiger partial charge in [-0.15, -0.1) is 0 Å². The van der Waals surface area contributed by atoms with Gasteiger partial charge in [0.1, 0.15) is 0 Å². The summed E-state index contributed by atoms with van der Waals surface area (Å²) in [7, 11) is -2.56. The van der Waals surface area contributed by atoms with Crippen molar-refractivity contribution in [3.05, 3.63) is 35.9 Å². The van der Waals surface area contributed by atoms with Gasteiger partial charge in [-0.2, -0.15) is 0 Å². The van der Waals surface area contributed by atoms with Gasteiger partial charge in [0.25, 0.3) is 5.24 Å². The molecule has 138 valence electrons. The van der Waals surface area contributed by atoms with Crippen molar-refractivity contribution in [3.63, 3.8) is 0 Å². The molecule has 3 aliphatic heterocycles. The predicted molar refractivity (Wildman–Crippen MR) is 101 cm³/mol. The van der Waals surface area contributed by atoms with Gasteiger partial charge < -0.3 is 18.6 Å². The number of rotatable bonds is 6. The van der Waals surface area contributed by atoms with Gasteiger partial charge >= 0.3 is 8.80 Å². The fourth-order valence-electron chi connectivity index (χ4n) is 2.94. The molecule has 0 spiro atoms. The van der Waals surface area contributed by atoms with E-state index in [0.717, 1.165) is 37.7 Å². The minimum Gasteiger partial charge on any atom is -0.372 e. The van der Waals surface area contributed by atoms with E-state index in [1.165, 1.54) is 11.8 Å². The van der Waals surface area contributed by atoms with Crippen LogP contribution in [0.3, 0.4) is 0 Å². The number of nitrogens with zero attached hydrogens (tertiary/aromatic N) is 1. The minimum atomic E-state index is -2.56. The van der Waals surface area contributed by atoms with Crippen molar-refractivity contribution >= 4 is 25.8 Å². The van der Waals surface area contributed by atoms with Gasteiger partial charge in [0.2, 0.25) is 0 Å². The van der Waals surface area contributed by atoms with Gasteiger partial charge in [-0.3, -0.25) is 9.69 Å². The topological polar surface area (TPSA) is 60.0 Å². The van der Waals surface area contributed by atoms with E-state index in [2.05, 4.69) is 10.2 Å². The molecule has 1 amide bonds. The van der Waals surface area contributed by atoms with Crippen molar-refractivity contribution in [2.75, 3.05) is 46.0 Å². The second-order valence-corrected chi connectivity index (χ2v) is 9.84. The van der Waals surface area contributed by atoms with E-state index in [9.17, 15) is 4.79 Å². The van der Waals surface area contributed by atoms with Crippen molar-refractivity contribution < 1.29 is 18.1 Å². The molecule has 0 aliphatic carbocycles. The van der Waals surface area contributed by atoms with Gasteiger partial charge in [0.05, 0.1) is 19.8 Å². The number of benzene rings is 1. The lowest BCUT2D eigenvalue weighted by molar-refractivity contribution is -0.00847. The quantitative estimate of drug-likeness (QED) is 0.602. The zero-order valence-electron chi connectivity index (χ0n) is 14.4. The average molecular weight is 383 g/mol. The number of carbonyl (C=O) groups excluding carboxylic acids is 1. The summed E-state index contributed by atoms with van der Waals surface area (Å²) >= 11 is 1.30. The Bertz CT molecular complexity index is 522. The van der Waals surface area contributed by atoms with Crippen LogP contribution in [-0.2, 0) is 19.0 Å². The molecule has 1 N–H and O–H groups in total. The number of hydrogen-bond donors (Lipinski definition) is 1. The van der Waals surface area contributed by atoms with E-state index in [1.54, 1.807) is 0 Å². The summed E-state index contributed by atoms with van der Waals surface area (Å²) in [6.07, 6.45) is 0.813. The molecule has 1 aromatic rings. The Hall–Kier alpha value is -0.903. The second-order valence-electron chi connectivity index (χ2n) is 6.16. The molecule has 2 bridgehead atoms. The van der Waals surface area contributed by atoms with Crippen LogP contribution < -0.4 is 5.32 Å². The van der Waals surface area contributed by atoms with Crippen LogP contribution in [0.4, 0.5) is 4.79 Å². The smallest absolute Gasteiger partial charge is 0.372 e. The predicted octanol–water partition coefficient (Wildman–Crippen LogP) is 2.34. The Balaban J connectivity index is 1.36. The Labute approximate surface area is 154 Å². The van der Waals surface area contributed by atoms with Gasteiger partial charge in [-0.1, -0.05) is 42.1 Å². The Morgan fingerprint density at radius 2 is 1.72 bits per heavy atom. The van der Waals surface area contributed by atoms with Crippen LogP contribution in [0.15, 0.2) is 30.3 Å². The molecule has 8 heteroatoms. The molecule has 25 heavy (non-hydrogen) atoms. The number of nitrogens with one attached hydrogen (secondary N) is 1. The highest BCUT2D eigenvalue weighted by atomic mass is 32.2. The largest absolute Gasteiger partial charge is 0.501 e. The molecule has 6 nitrogen and oxygen atoms in total. The Kier molecular flexibility index (Phi) is 7.32. The van der Waals surface area contributed by atoms with Crippen LogP contribution in [0, 0.1) is 0 Å². The molecule has 0 atom stereocenters. The number of hydrogen-bond acceptors (Lipinski definition) is 6. The molecule has 0 unspecified atom stereocenters. The monoisotopic (exact) mass is 382 g/mol. The molecule has 1 aromatic carbocycles. The van der Waals surface area contributed by atoms with Gasteiger partial charge in [-0.05, 0) is 12.0 Å². The number of fused-ring (bicyclic) bond motifs is 6. The zero-order chi connectivity index (χ0) is 17.4. The maximum atomic E-state index is 11.9. The number of amides is 1. The summed E-state index contributed by atoms with van der Waals surface area (Å²) in [5.74, 6) is 0.692. The maximum Gasteiger partial charge on any atom is 0.501 e. The summed E-state index contributed by atoms with van der Waals surface area (Å²) in [5.41, 5.74) is 1.15. The third kappa shape index (κ3) is 6.09. The first-order valence-electron chi connectivity index (χ1n) is 8.85. The molecule has 0 saturated carbocycles. The van der Waals surface area contributed by atoms with Crippen LogP contribution in [0.5, 0.6) is 0 Å². The molecule has 3 fully saturated rings. The van der Waals surface area contributed by atoms with E-state index in [-0.39, 0.29) is 5.24 Å². The Morgan fingerprint density at radius 1 is 1.08 bits per heavy atom. The van der Waals surface area contributed by atoms with Crippen LogP contribution in [0.1, 0.15) is 12.0 Å². The van der Waals surface area contributed by atoms with Crippen molar-refractivity contribution in [1.82, 2.24) is 10.2 Å². The minimum absolute atomic E-state index is 0.0109. The van der Waals surface area contributed by atoms with Crippen molar-refractivity contribution in [1.29, 1.82) is 0 Å². The third-order valence-corrected chi connectivity index (χ3v) is 8.11. The van der Waals surface area contributed by atoms with E-state index >= 15 is 0 Å². The van der Waals surface area contributed by atoms with Crippen LogP contribution >= 0.6 is 11.8 Å². The van der Waals surface area contributed by atoms with Crippen molar-refractivity contribution in [2.45, 2.75) is 18.2 Å². The van der Waals surface area contributed by atoms with E-state index in [4.69, 9.17) is 13.3 Å². The molecule has 0 aromatic heterocycles. The summed E-state index contributed by atoms with van der Waals surface area (Å²) in [4.78, 5) is 14.3. The lowest BCUT2D eigenvalue weighted by atomic mass is 10.2. The van der Waals surface area contributed by atoms with Gasteiger partial charge in [0, 0.05) is 38.0 Å². The number of thioether (sulfide) groups is 1. The summed E-state index contributed by atoms with van der Waals surface area (Å²) in [6, 6.07) is 10.8. The normalized spacial score (nSPS) is 26.5. The number of carbonyl (C=O) groups is 1. The highest BCUT2D eigenvalue weighted by molar-refractivity contribution is 8.12. The third-order valence-electron chi connectivity index (χ3n) is 4.33. The lowest BCUT2D eigenvalue weighted by Crippen LogP contribution is -2.55. The second kappa shape index (κ2) is 9.70. The van der Waals surface area contributed by atoms with Gasteiger partial charge in [0.15, 0.2) is 0 Å². The molecule has 4 rings (SSSR count). The molecule has 0 radical (unpaired) electrons. The SMILES string of the molecule is O=C(NCCC[Si]12OCCN(CCO1)CCO2)SCc1ccccc1.